The van der Waals surface area contributed by atoms with Gasteiger partial charge in [0, 0.05) is 19.6 Å². The number of Topliss-reactive ketones (excluding diaryl/α,β-unsaturated/α-hetero) is 1. The van der Waals surface area contributed by atoms with E-state index in [1.807, 2.05) is 6.92 Å². The van der Waals surface area contributed by atoms with Crippen molar-refractivity contribution in [1.29, 1.82) is 0 Å². The number of nitrogens with zero attached hydrogens (tertiary/aromatic N) is 1. The number of alkyl carbamates (subject to hydrolysis) is 1. The van der Waals surface area contributed by atoms with Crippen molar-refractivity contribution in [2.75, 3.05) is 45.6 Å². The SMILES string of the molecule is CCCCOC(=O)N1CCNCC1C(=O)[C@@H](CP(=O)(OCC)OCC)NC(=O)OC(C)(C)C. The van der Waals surface area contributed by atoms with Gasteiger partial charge in [-0.05, 0) is 41.0 Å². The van der Waals surface area contributed by atoms with Gasteiger partial charge in [0.05, 0.1) is 26.0 Å². The molecule has 0 radical (unpaired) electrons. The molecule has 11 nitrogen and oxygen atoms in total. The van der Waals surface area contributed by atoms with Crippen LogP contribution in [0.5, 0.6) is 0 Å². The number of nitrogens with one attached hydrogen (secondary N) is 2. The number of rotatable bonds is 12. The van der Waals surface area contributed by atoms with Gasteiger partial charge in [0.15, 0.2) is 5.78 Å². The zero-order valence-electron chi connectivity index (χ0n) is 20.7. The van der Waals surface area contributed by atoms with Crippen LogP contribution in [0.1, 0.15) is 54.4 Å². The van der Waals surface area contributed by atoms with Crippen molar-refractivity contribution in [3.05, 3.63) is 0 Å². The van der Waals surface area contributed by atoms with Crippen molar-refractivity contribution in [3.63, 3.8) is 0 Å². The topological polar surface area (TPSA) is 132 Å². The molecule has 1 aliphatic rings. The molecule has 2 N–H and O–H groups in total. The average Bonchev–Trinajstić information content (AvgIpc) is 2.71. The Bertz CT molecular complexity index is 687. The monoisotopic (exact) mass is 493 g/mol. The Morgan fingerprint density at radius 1 is 1.15 bits per heavy atom. The summed E-state index contributed by atoms with van der Waals surface area (Å²) in [5.74, 6) is -0.514. The third-order valence-electron chi connectivity index (χ3n) is 4.62. The van der Waals surface area contributed by atoms with E-state index in [2.05, 4.69) is 10.6 Å². The molecule has 2 atom stereocenters. The van der Waals surface area contributed by atoms with Crippen molar-refractivity contribution in [2.45, 2.75) is 72.1 Å². The van der Waals surface area contributed by atoms with Crippen molar-refractivity contribution < 1.29 is 37.5 Å². The third kappa shape index (κ3) is 10.4. The molecule has 1 heterocycles. The predicted molar refractivity (Wildman–Crippen MR) is 124 cm³/mol. The van der Waals surface area contributed by atoms with Gasteiger partial charge in [-0.25, -0.2) is 9.59 Å². The fourth-order valence-electron chi connectivity index (χ4n) is 3.21. The molecular weight excluding hydrogens is 453 g/mol. The first-order chi connectivity index (χ1) is 15.5. The number of piperazine rings is 1. The highest BCUT2D eigenvalue weighted by Gasteiger charge is 2.41. The zero-order valence-corrected chi connectivity index (χ0v) is 21.6. The van der Waals surface area contributed by atoms with Crippen LogP contribution in [0.25, 0.3) is 0 Å². The van der Waals surface area contributed by atoms with Gasteiger partial charge in [0.25, 0.3) is 0 Å². The second-order valence-corrected chi connectivity index (χ2v) is 10.7. The first-order valence-corrected chi connectivity index (χ1v) is 13.2. The van der Waals surface area contributed by atoms with E-state index in [4.69, 9.17) is 18.5 Å². The van der Waals surface area contributed by atoms with Gasteiger partial charge in [-0.2, -0.15) is 0 Å². The molecule has 1 fully saturated rings. The lowest BCUT2D eigenvalue weighted by Gasteiger charge is -2.36. The quantitative estimate of drug-likeness (QED) is 0.311. The van der Waals surface area contributed by atoms with Crippen LogP contribution in [0.3, 0.4) is 0 Å². The summed E-state index contributed by atoms with van der Waals surface area (Å²) < 4.78 is 34.4. The summed E-state index contributed by atoms with van der Waals surface area (Å²) >= 11 is 0. The Morgan fingerprint density at radius 2 is 1.79 bits per heavy atom. The van der Waals surface area contributed by atoms with Gasteiger partial charge in [-0.1, -0.05) is 13.3 Å². The second-order valence-electron chi connectivity index (χ2n) is 8.61. The lowest BCUT2D eigenvalue weighted by Crippen LogP contribution is -2.61. The largest absolute Gasteiger partial charge is 0.449 e. The molecule has 1 rings (SSSR count). The molecule has 0 saturated carbocycles. The summed E-state index contributed by atoms with van der Waals surface area (Å²) in [6.45, 7) is 11.7. The Balaban J connectivity index is 3.14. The molecule has 192 valence electrons. The molecule has 0 aromatic carbocycles. The molecule has 12 heteroatoms. The van der Waals surface area contributed by atoms with E-state index < -0.39 is 43.3 Å². The maximum absolute atomic E-state index is 13.5. The van der Waals surface area contributed by atoms with E-state index in [0.29, 0.717) is 13.0 Å². The minimum Gasteiger partial charge on any atom is -0.449 e. The number of hydrogen-bond donors (Lipinski definition) is 2. The van der Waals surface area contributed by atoms with E-state index >= 15 is 0 Å². The van der Waals surface area contributed by atoms with E-state index in [1.165, 1.54) is 4.90 Å². The number of ketones is 1. The van der Waals surface area contributed by atoms with Crippen LogP contribution >= 0.6 is 7.60 Å². The first kappa shape index (κ1) is 29.4. The predicted octanol–water partition coefficient (Wildman–Crippen LogP) is 2.93. The standard InChI is InChI=1S/C21H40N3O8P/c1-7-10-13-29-20(27)24-12-11-22-14-17(24)18(25)16(23-19(26)32-21(4,5)6)15-33(28,30-8-2)31-9-3/h16-17,22H,7-15H2,1-6H3,(H,23,26)/t16-,17?/m1/s1. The number of ether oxygens (including phenoxy) is 2. The van der Waals surface area contributed by atoms with Crippen LogP contribution < -0.4 is 10.6 Å². The van der Waals surface area contributed by atoms with Crippen molar-refractivity contribution in [3.8, 4) is 0 Å². The molecule has 0 aromatic rings. The Morgan fingerprint density at radius 3 is 2.33 bits per heavy atom. The van der Waals surface area contributed by atoms with Gasteiger partial charge in [-0.15, -0.1) is 0 Å². The fourth-order valence-corrected chi connectivity index (χ4v) is 5.00. The molecular formula is C21H40N3O8P. The highest BCUT2D eigenvalue weighted by Crippen LogP contribution is 2.48. The summed E-state index contributed by atoms with van der Waals surface area (Å²) in [7, 11) is -3.70. The summed E-state index contributed by atoms with van der Waals surface area (Å²) in [6, 6.07) is -2.19. The number of carbonyl (C=O) groups excluding carboxylic acids is 3. The number of hydrogen-bond acceptors (Lipinski definition) is 9. The normalized spacial score (nSPS) is 17.9. The van der Waals surface area contributed by atoms with E-state index in [1.54, 1.807) is 34.6 Å². The summed E-state index contributed by atoms with van der Waals surface area (Å²) in [5.41, 5.74) is -0.803. The Labute approximate surface area is 196 Å². The van der Waals surface area contributed by atoms with E-state index in [0.717, 1.165) is 6.42 Å². The molecule has 1 aliphatic heterocycles. The number of carbonyl (C=O) groups is 3. The maximum Gasteiger partial charge on any atom is 0.410 e. The van der Waals surface area contributed by atoms with E-state index in [9.17, 15) is 18.9 Å². The lowest BCUT2D eigenvalue weighted by molar-refractivity contribution is -0.126. The van der Waals surface area contributed by atoms with Crippen LogP contribution in [0.2, 0.25) is 0 Å². The van der Waals surface area contributed by atoms with Crippen LogP contribution in [-0.4, -0.2) is 86.2 Å². The Hall–Kier alpha value is -1.68. The zero-order chi connectivity index (χ0) is 25.1. The summed E-state index contributed by atoms with van der Waals surface area (Å²) in [6.07, 6.45) is -0.255. The van der Waals surface area contributed by atoms with Crippen LogP contribution in [0.15, 0.2) is 0 Å². The number of unbranched alkanes of at least 4 members (excludes halogenated alkanes) is 1. The molecule has 0 aromatic heterocycles. The molecule has 0 bridgehead atoms. The average molecular weight is 494 g/mol. The van der Waals surface area contributed by atoms with Gasteiger partial charge in [-0.3, -0.25) is 14.3 Å². The fraction of sp³-hybridized carbons (Fsp3) is 0.857. The van der Waals surface area contributed by atoms with Crippen LogP contribution in [-0.2, 0) is 27.9 Å². The molecule has 33 heavy (non-hydrogen) atoms. The van der Waals surface area contributed by atoms with Gasteiger partial charge >= 0.3 is 19.8 Å². The first-order valence-electron chi connectivity index (χ1n) is 11.5. The molecule has 2 amide bonds. The van der Waals surface area contributed by atoms with Crippen molar-refractivity contribution in [2.24, 2.45) is 0 Å². The molecule has 1 saturated heterocycles. The Kier molecular flexibility index (Phi) is 12.4. The van der Waals surface area contributed by atoms with Gasteiger partial charge in [0.1, 0.15) is 17.7 Å². The summed E-state index contributed by atoms with van der Waals surface area (Å²) in [4.78, 5) is 40.0. The lowest BCUT2D eigenvalue weighted by atomic mass is 10.0. The summed E-state index contributed by atoms with van der Waals surface area (Å²) in [5, 5.41) is 5.59. The smallest absolute Gasteiger partial charge is 0.410 e. The molecule has 0 spiro atoms. The molecule has 1 unspecified atom stereocenters. The third-order valence-corrected chi connectivity index (χ3v) is 6.74. The highest BCUT2D eigenvalue weighted by molar-refractivity contribution is 7.54. The van der Waals surface area contributed by atoms with Crippen molar-refractivity contribution >= 4 is 25.6 Å². The highest BCUT2D eigenvalue weighted by atomic mass is 31.2. The minimum absolute atomic E-state index is 0.103. The van der Waals surface area contributed by atoms with Gasteiger partial charge in [0.2, 0.25) is 0 Å². The van der Waals surface area contributed by atoms with E-state index in [-0.39, 0.29) is 39.1 Å². The second kappa shape index (κ2) is 13.9. The maximum atomic E-state index is 13.5. The van der Waals surface area contributed by atoms with Crippen molar-refractivity contribution in [1.82, 2.24) is 15.5 Å². The van der Waals surface area contributed by atoms with Crippen LogP contribution in [0, 0.1) is 0 Å². The van der Waals surface area contributed by atoms with Gasteiger partial charge < -0.3 is 29.2 Å². The molecule has 0 aliphatic carbocycles. The van der Waals surface area contributed by atoms with Crippen LogP contribution in [0.4, 0.5) is 9.59 Å². The minimum atomic E-state index is -3.70. The number of amides is 2.